The molecule has 0 radical (unpaired) electrons. The molecule has 5 heteroatoms. The third-order valence-electron chi connectivity index (χ3n) is 4.29. The average molecular weight is 391 g/mol. The Kier molecular flexibility index (Phi) is 4.72. The first kappa shape index (κ1) is 18.0. The molecule has 0 saturated carbocycles. The molecule has 0 N–H and O–H groups in total. The molecule has 0 unspecified atom stereocenters. The van der Waals surface area contributed by atoms with Crippen molar-refractivity contribution in [2.45, 2.75) is 6.92 Å². The highest BCUT2D eigenvalue weighted by Crippen LogP contribution is 2.35. The highest BCUT2D eigenvalue weighted by Gasteiger charge is 2.28. The van der Waals surface area contributed by atoms with Gasteiger partial charge in [0.25, 0.3) is 0 Å². The number of carbonyl (C=O) groups is 2. The maximum absolute atomic E-state index is 12.5. The van der Waals surface area contributed by atoms with Gasteiger partial charge in [-0.15, -0.1) is 0 Å². The van der Waals surface area contributed by atoms with Crippen molar-refractivity contribution in [1.82, 2.24) is 0 Å². The topological polar surface area (TPSA) is 52.6 Å². The number of benzene rings is 3. The molecule has 3 aromatic rings. The van der Waals surface area contributed by atoms with Crippen LogP contribution < -0.4 is 9.47 Å². The predicted molar refractivity (Wildman–Crippen MR) is 107 cm³/mol. The van der Waals surface area contributed by atoms with Crippen LogP contribution in [0.25, 0.3) is 6.08 Å². The maximum atomic E-state index is 12.5. The summed E-state index contributed by atoms with van der Waals surface area (Å²) in [5.41, 5.74) is 2.68. The van der Waals surface area contributed by atoms with Gasteiger partial charge in [-0.2, -0.15) is 0 Å². The van der Waals surface area contributed by atoms with Crippen LogP contribution in [0.4, 0.5) is 0 Å². The van der Waals surface area contributed by atoms with Gasteiger partial charge >= 0.3 is 5.97 Å². The lowest BCUT2D eigenvalue weighted by molar-refractivity contribution is 0.0734. The number of ketones is 1. The standard InChI is InChI=1S/C23H15ClO4/c1-14-5-7-16(8-6-14)23(26)27-18-9-10-19-20(13-18)28-21(22(19)25)12-15-3-2-4-17(24)11-15/h2-13H,1H3/b21-12-. The summed E-state index contributed by atoms with van der Waals surface area (Å²) >= 11 is 5.98. The normalized spacial score (nSPS) is 13.9. The van der Waals surface area contributed by atoms with Gasteiger partial charge < -0.3 is 9.47 Å². The number of fused-ring (bicyclic) bond motifs is 1. The Balaban J connectivity index is 1.55. The molecule has 138 valence electrons. The van der Waals surface area contributed by atoms with Gasteiger partial charge in [0.1, 0.15) is 11.5 Å². The van der Waals surface area contributed by atoms with E-state index in [-0.39, 0.29) is 11.5 Å². The zero-order valence-electron chi connectivity index (χ0n) is 14.9. The van der Waals surface area contributed by atoms with Crippen molar-refractivity contribution in [1.29, 1.82) is 0 Å². The van der Waals surface area contributed by atoms with Crippen molar-refractivity contribution in [3.8, 4) is 11.5 Å². The van der Waals surface area contributed by atoms with Crippen LogP contribution in [-0.4, -0.2) is 11.8 Å². The smallest absolute Gasteiger partial charge is 0.343 e. The molecule has 0 bridgehead atoms. The van der Waals surface area contributed by atoms with Crippen LogP contribution in [0.5, 0.6) is 11.5 Å². The molecule has 4 nitrogen and oxygen atoms in total. The van der Waals surface area contributed by atoms with Crippen LogP contribution in [0.2, 0.25) is 5.02 Å². The molecule has 28 heavy (non-hydrogen) atoms. The summed E-state index contributed by atoms with van der Waals surface area (Å²) in [5.74, 6) is 0.151. The van der Waals surface area contributed by atoms with E-state index in [0.29, 0.717) is 27.6 Å². The molecule has 1 heterocycles. The number of halogens is 1. The average Bonchev–Trinajstić information content (AvgIpc) is 2.97. The molecule has 1 aliphatic heterocycles. The Labute approximate surface area is 167 Å². The largest absolute Gasteiger partial charge is 0.452 e. The number of hydrogen-bond acceptors (Lipinski definition) is 4. The summed E-state index contributed by atoms with van der Waals surface area (Å²) in [5, 5.41) is 0.572. The van der Waals surface area contributed by atoms with Crippen LogP contribution in [0.15, 0.2) is 72.5 Å². The van der Waals surface area contributed by atoms with Gasteiger partial charge in [0.2, 0.25) is 5.78 Å². The fourth-order valence-corrected chi connectivity index (χ4v) is 3.03. The van der Waals surface area contributed by atoms with Gasteiger partial charge in [-0.25, -0.2) is 4.79 Å². The number of hydrogen-bond donors (Lipinski definition) is 0. The molecule has 0 spiro atoms. The summed E-state index contributed by atoms with van der Waals surface area (Å²) in [6.07, 6.45) is 1.63. The van der Waals surface area contributed by atoms with E-state index in [1.54, 1.807) is 48.5 Å². The fraction of sp³-hybridized carbons (Fsp3) is 0.0435. The Hall–Kier alpha value is -3.37. The van der Waals surface area contributed by atoms with Gasteiger partial charge in [0, 0.05) is 11.1 Å². The van der Waals surface area contributed by atoms with Crippen molar-refractivity contribution in [3.05, 3.63) is 99.8 Å². The Morgan fingerprint density at radius 2 is 1.82 bits per heavy atom. The minimum atomic E-state index is -0.473. The number of aryl methyl sites for hydroxylation is 1. The van der Waals surface area contributed by atoms with Crippen molar-refractivity contribution in [2.24, 2.45) is 0 Å². The molecule has 0 saturated heterocycles. The summed E-state index contributed by atoms with van der Waals surface area (Å²) < 4.78 is 11.1. The van der Waals surface area contributed by atoms with E-state index in [1.165, 1.54) is 6.07 Å². The lowest BCUT2D eigenvalue weighted by atomic mass is 10.1. The molecule has 1 aliphatic rings. The second kappa shape index (κ2) is 7.33. The lowest BCUT2D eigenvalue weighted by Crippen LogP contribution is -2.08. The highest BCUT2D eigenvalue weighted by atomic mass is 35.5. The first-order valence-electron chi connectivity index (χ1n) is 8.62. The maximum Gasteiger partial charge on any atom is 0.343 e. The molecule has 0 amide bonds. The number of carbonyl (C=O) groups excluding carboxylic acids is 2. The molecular weight excluding hydrogens is 376 g/mol. The Morgan fingerprint density at radius 3 is 2.57 bits per heavy atom. The molecule has 0 aliphatic carbocycles. The van der Waals surface area contributed by atoms with E-state index in [1.807, 2.05) is 25.1 Å². The fourth-order valence-electron chi connectivity index (χ4n) is 2.83. The zero-order valence-corrected chi connectivity index (χ0v) is 15.7. The number of ether oxygens (including phenoxy) is 2. The second-order valence-corrected chi connectivity index (χ2v) is 6.84. The van der Waals surface area contributed by atoms with Crippen LogP contribution >= 0.6 is 11.6 Å². The third kappa shape index (κ3) is 3.68. The molecule has 0 aromatic heterocycles. The minimum Gasteiger partial charge on any atom is -0.452 e. The van der Waals surface area contributed by atoms with Gasteiger partial charge in [-0.3, -0.25) is 4.79 Å². The minimum absolute atomic E-state index is 0.194. The van der Waals surface area contributed by atoms with E-state index in [2.05, 4.69) is 0 Å². The molecule has 0 fully saturated rings. The van der Waals surface area contributed by atoms with Gasteiger partial charge in [-0.05, 0) is 55.0 Å². The summed E-state index contributed by atoms with van der Waals surface area (Å²) in [6.45, 7) is 1.94. The number of esters is 1. The zero-order chi connectivity index (χ0) is 19.7. The van der Waals surface area contributed by atoms with Crippen molar-refractivity contribution in [3.63, 3.8) is 0 Å². The predicted octanol–water partition coefficient (Wildman–Crippen LogP) is 5.48. The van der Waals surface area contributed by atoms with Crippen molar-refractivity contribution in [2.75, 3.05) is 0 Å². The summed E-state index contributed by atoms with van der Waals surface area (Å²) in [4.78, 5) is 24.8. The van der Waals surface area contributed by atoms with E-state index in [0.717, 1.165) is 11.1 Å². The van der Waals surface area contributed by atoms with Crippen LogP contribution in [-0.2, 0) is 0 Å². The van der Waals surface area contributed by atoms with Crippen LogP contribution in [0.1, 0.15) is 31.8 Å². The quantitative estimate of drug-likeness (QED) is 0.337. The molecule has 3 aromatic carbocycles. The van der Waals surface area contributed by atoms with E-state index < -0.39 is 5.97 Å². The number of rotatable bonds is 3. The number of allylic oxidation sites excluding steroid dienone is 1. The van der Waals surface area contributed by atoms with Crippen molar-refractivity contribution < 1.29 is 19.1 Å². The van der Waals surface area contributed by atoms with E-state index in [4.69, 9.17) is 21.1 Å². The molecule has 4 rings (SSSR count). The Bertz CT molecular complexity index is 1110. The Morgan fingerprint density at radius 1 is 1.04 bits per heavy atom. The van der Waals surface area contributed by atoms with E-state index >= 15 is 0 Å². The summed E-state index contributed by atoms with van der Waals surface area (Å²) in [6, 6.07) is 18.9. The van der Waals surface area contributed by atoms with Crippen LogP contribution in [0.3, 0.4) is 0 Å². The number of Topliss-reactive ketones (excluding diaryl/α,β-unsaturated/α-hetero) is 1. The van der Waals surface area contributed by atoms with Gasteiger partial charge in [-0.1, -0.05) is 41.4 Å². The van der Waals surface area contributed by atoms with Crippen molar-refractivity contribution >= 4 is 29.4 Å². The van der Waals surface area contributed by atoms with Crippen LogP contribution in [0, 0.1) is 6.92 Å². The monoisotopic (exact) mass is 390 g/mol. The SMILES string of the molecule is Cc1ccc(C(=O)Oc2ccc3c(c2)O/C(=C\c2cccc(Cl)c2)C3=O)cc1. The third-order valence-corrected chi connectivity index (χ3v) is 4.52. The second-order valence-electron chi connectivity index (χ2n) is 6.41. The highest BCUT2D eigenvalue weighted by molar-refractivity contribution is 6.30. The summed E-state index contributed by atoms with van der Waals surface area (Å²) in [7, 11) is 0. The lowest BCUT2D eigenvalue weighted by Gasteiger charge is -2.06. The van der Waals surface area contributed by atoms with Gasteiger partial charge in [0.15, 0.2) is 5.76 Å². The molecular formula is C23H15ClO4. The first-order valence-corrected chi connectivity index (χ1v) is 9.00. The van der Waals surface area contributed by atoms with E-state index in [9.17, 15) is 9.59 Å². The first-order chi connectivity index (χ1) is 13.5. The molecule has 0 atom stereocenters. The van der Waals surface area contributed by atoms with Gasteiger partial charge in [0.05, 0.1) is 11.1 Å².